The summed E-state index contributed by atoms with van der Waals surface area (Å²) < 4.78 is 16.5. The van der Waals surface area contributed by atoms with Gasteiger partial charge >= 0.3 is 7.60 Å². The third-order valence-electron chi connectivity index (χ3n) is 1.70. The van der Waals surface area contributed by atoms with E-state index < -0.39 is 7.60 Å². The maximum atomic E-state index is 11.6. The topological polar surface area (TPSA) is 72.5 Å². The molecule has 0 heterocycles. The van der Waals surface area contributed by atoms with Crippen molar-refractivity contribution in [1.82, 2.24) is 0 Å². The van der Waals surface area contributed by atoms with Crippen molar-refractivity contribution in [2.45, 2.75) is 6.42 Å². The Morgan fingerprint density at radius 1 is 1.36 bits per heavy atom. The van der Waals surface area contributed by atoms with E-state index in [1.165, 1.54) is 0 Å². The summed E-state index contributed by atoms with van der Waals surface area (Å²) in [5, 5.41) is 0.317. The summed E-state index contributed by atoms with van der Waals surface area (Å²) in [4.78, 5) is 9.50. The van der Waals surface area contributed by atoms with Crippen molar-refractivity contribution in [3.63, 3.8) is 0 Å². The van der Waals surface area contributed by atoms with Crippen LogP contribution in [0, 0.1) is 0 Å². The van der Waals surface area contributed by atoms with Crippen LogP contribution >= 0.6 is 7.60 Å². The summed E-state index contributed by atoms with van der Waals surface area (Å²) in [6.45, 7) is 0.661. The van der Waals surface area contributed by atoms with Crippen molar-refractivity contribution in [1.29, 1.82) is 0 Å². The lowest BCUT2D eigenvalue weighted by molar-refractivity contribution is 0.267. The van der Waals surface area contributed by atoms with Crippen LogP contribution in [-0.4, -0.2) is 18.0 Å². The molecule has 1 aromatic carbocycles. The Labute approximate surface area is 83.2 Å². The molecule has 78 valence electrons. The maximum absolute atomic E-state index is 11.6. The molecule has 1 atom stereocenters. The Morgan fingerprint density at radius 2 is 2.00 bits per heavy atom. The molecule has 0 radical (unpaired) electrons. The van der Waals surface area contributed by atoms with Crippen molar-refractivity contribution in [3.8, 4) is 0 Å². The van der Waals surface area contributed by atoms with Crippen LogP contribution in [-0.2, 0) is 9.09 Å². The fourth-order valence-electron chi connectivity index (χ4n) is 0.963. The van der Waals surface area contributed by atoms with Crippen LogP contribution in [0.1, 0.15) is 6.42 Å². The van der Waals surface area contributed by atoms with Gasteiger partial charge in [-0.25, -0.2) is 0 Å². The lowest BCUT2D eigenvalue weighted by Crippen LogP contribution is -2.09. The summed E-state index contributed by atoms with van der Waals surface area (Å²) in [5.74, 6) is 0. The number of benzene rings is 1. The van der Waals surface area contributed by atoms with Crippen LogP contribution in [0.2, 0.25) is 0 Å². The molecule has 14 heavy (non-hydrogen) atoms. The molecule has 0 aromatic heterocycles. The second kappa shape index (κ2) is 5.27. The van der Waals surface area contributed by atoms with Gasteiger partial charge in [0.15, 0.2) is 0 Å². The highest BCUT2D eigenvalue weighted by atomic mass is 31.2. The van der Waals surface area contributed by atoms with Crippen molar-refractivity contribution in [2.24, 2.45) is 5.73 Å². The van der Waals surface area contributed by atoms with E-state index in [0.29, 0.717) is 18.3 Å². The highest BCUT2D eigenvalue weighted by Gasteiger charge is 2.21. The first-order chi connectivity index (χ1) is 6.67. The fourth-order valence-corrected chi connectivity index (χ4v) is 2.04. The van der Waals surface area contributed by atoms with Crippen LogP contribution in [0.25, 0.3) is 0 Å². The Balaban J connectivity index is 2.62. The molecule has 3 N–H and O–H groups in total. The fraction of sp³-hybridized carbons (Fsp3) is 0.333. The van der Waals surface area contributed by atoms with Gasteiger partial charge in [-0.3, -0.25) is 4.57 Å². The van der Waals surface area contributed by atoms with Crippen molar-refractivity contribution in [2.75, 3.05) is 13.2 Å². The second-order valence-electron chi connectivity index (χ2n) is 2.83. The molecule has 0 amide bonds. The van der Waals surface area contributed by atoms with Gasteiger partial charge in [-0.1, -0.05) is 18.2 Å². The van der Waals surface area contributed by atoms with Gasteiger partial charge in [0.1, 0.15) is 0 Å². The van der Waals surface area contributed by atoms with Crippen LogP contribution < -0.4 is 11.0 Å². The predicted molar refractivity (Wildman–Crippen MR) is 55.5 cm³/mol. The normalized spacial score (nSPS) is 15.0. The highest BCUT2D eigenvalue weighted by molar-refractivity contribution is 7.61. The zero-order valence-corrected chi connectivity index (χ0v) is 8.69. The van der Waals surface area contributed by atoms with Crippen LogP contribution in [0.5, 0.6) is 0 Å². The second-order valence-corrected chi connectivity index (χ2v) is 4.65. The first kappa shape index (κ1) is 11.4. The average molecular weight is 215 g/mol. The molecular formula is C9H14NO3P. The Hall–Kier alpha value is -0.670. The van der Waals surface area contributed by atoms with E-state index in [2.05, 4.69) is 0 Å². The van der Waals surface area contributed by atoms with Crippen LogP contribution in [0.15, 0.2) is 30.3 Å². The summed E-state index contributed by atoms with van der Waals surface area (Å²) >= 11 is 0. The predicted octanol–water partition coefficient (Wildman–Crippen LogP) is 0.863. The highest BCUT2D eigenvalue weighted by Crippen LogP contribution is 2.40. The summed E-state index contributed by atoms with van der Waals surface area (Å²) in [6, 6.07) is 8.32. The van der Waals surface area contributed by atoms with E-state index in [4.69, 9.17) is 10.3 Å². The molecule has 0 spiro atoms. The van der Waals surface area contributed by atoms with E-state index >= 15 is 0 Å². The smallest absolute Gasteiger partial charge is 0.330 e. The van der Waals surface area contributed by atoms with E-state index in [1.54, 1.807) is 30.3 Å². The Bertz CT molecular complexity index is 315. The first-order valence-electron chi connectivity index (χ1n) is 4.40. The molecular weight excluding hydrogens is 201 g/mol. The number of rotatable bonds is 5. The molecule has 0 aliphatic rings. The van der Waals surface area contributed by atoms with Gasteiger partial charge in [0.25, 0.3) is 0 Å². The van der Waals surface area contributed by atoms with Crippen molar-refractivity contribution >= 4 is 12.9 Å². The zero-order valence-electron chi connectivity index (χ0n) is 7.80. The SMILES string of the molecule is NCCCOP(=O)(O)c1ccccc1. The van der Waals surface area contributed by atoms with E-state index in [0.717, 1.165) is 0 Å². The monoisotopic (exact) mass is 215 g/mol. The molecule has 1 unspecified atom stereocenters. The van der Waals surface area contributed by atoms with E-state index in [-0.39, 0.29) is 6.61 Å². The number of hydrogen-bond acceptors (Lipinski definition) is 3. The molecule has 0 saturated carbocycles. The average Bonchev–Trinajstić information content (AvgIpc) is 2.19. The minimum atomic E-state index is -3.63. The molecule has 5 heteroatoms. The summed E-state index contributed by atoms with van der Waals surface area (Å²) in [5.41, 5.74) is 5.25. The third-order valence-corrected chi connectivity index (χ3v) is 3.18. The van der Waals surface area contributed by atoms with Gasteiger partial charge in [0.05, 0.1) is 11.9 Å². The molecule has 1 rings (SSSR count). The minimum Gasteiger partial charge on any atom is -0.330 e. The van der Waals surface area contributed by atoms with E-state index in [1.807, 2.05) is 0 Å². The minimum absolute atomic E-state index is 0.208. The first-order valence-corrected chi connectivity index (χ1v) is 5.97. The lowest BCUT2D eigenvalue weighted by atomic mass is 10.4. The van der Waals surface area contributed by atoms with Crippen LogP contribution in [0.4, 0.5) is 0 Å². The van der Waals surface area contributed by atoms with Crippen molar-refractivity contribution < 1.29 is 14.0 Å². The molecule has 1 aromatic rings. The van der Waals surface area contributed by atoms with Gasteiger partial charge in [0, 0.05) is 0 Å². The number of hydrogen-bond donors (Lipinski definition) is 2. The molecule has 0 fully saturated rings. The lowest BCUT2D eigenvalue weighted by Gasteiger charge is -2.11. The summed E-state index contributed by atoms with van der Waals surface area (Å²) in [6.07, 6.45) is 0.581. The van der Waals surface area contributed by atoms with E-state index in [9.17, 15) is 9.46 Å². The number of nitrogens with two attached hydrogens (primary N) is 1. The van der Waals surface area contributed by atoms with Gasteiger partial charge in [-0.2, -0.15) is 0 Å². The standard InChI is InChI=1S/C9H14NO3P/c10-7-4-8-13-14(11,12)9-5-2-1-3-6-9/h1-3,5-6H,4,7-8,10H2,(H,11,12). The molecule has 0 saturated heterocycles. The maximum Gasteiger partial charge on any atom is 0.358 e. The van der Waals surface area contributed by atoms with Crippen molar-refractivity contribution in [3.05, 3.63) is 30.3 Å². The Morgan fingerprint density at radius 3 is 2.57 bits per heavy atom. The summed E-state index contributed by atoms with van der Waals surface area (Å²) in [7, 11) is -3.63. The van der Waals surface area contributed by atoms with Gasteiger partial charge < -0.3 is 15.2 Å². The van der Waals surface area contributed by atoms with Gasteiger partial charge in [0.2, 0.25) is 0 Å². The largest absolute Gasteiger partial charge is 0.358 e. The third kappa shape index (κ3) is 3.24. The van der Waals surface area contributed by atoms with Crippen LogP contribution in [0.3, 0.4) is 0 Å². The Kier molecular flexibility index (Phi) is 4.29. The molecule has 0 bridgehead atoms. The quantitative estimate of drug-likeness (QED) is 0.564. The van der Waals surface area contributed by atoms with Gasteiger partial charge in [-0.15, -0.1) is 0 Å². The zero-order chi connectivity index (χ0) is 10.4. The molecule has 0 aliphatic heterocycles. The molecule has 4 nitrogen and oxygen atoms in total. The molecule has 0 aliphatic carbocycles. The van der Waals surface area contributed by atoms with Gasteiger partial charge in [-0.05, 0) is 25.1 Å².